The zero-order valence-corrected chi connectivity index (χ0v) is 15.3. The topological polar surface area (TPSA) is 46.2 Å². The van der Waals surface area contributed by atoms with Crippen molar-refractivity contribution in [2.75, 3.05) is 4.72 Å². The van der Waals surface area contributed by atoms with Gasteiger partial charge in [-0.15, -0.1) is 0 Å². The predicted molar refractivity (Wildman–Crippen MR) is 95.5 cm³/mol. The fourth-order valence-electron chi connectivity index (χ4n) is 1.81. The zero-order chi connectivity index (χ0) is 15.6. The van der Waals surface area contributed by atoms with Gasteiger partial charge in [-0.2, -0.15) is 0 Å². The average molecular weight is 436 g/mol. The van der Waals surface area contributed by atoms with Crippen molar-refractivity contribution in [2.45, 2.75) is 24.7 Å². The molecule has 0 radical (unpaired) electrons. The highest BCUT2D eigenvalue weighted by atomic mass is 127. The van der Waals surface area contributed by atoms with Crippen LogP contribution in [0.25, 0.3) is 0 Å². The number of halogens is 2. The van der Waals surface area contributed by atoms with Gasteiger partial charge in [0.1, 0.15) is 0 Å². The molecule has 0 aliphatic heterocycles. The number of anilines is 1. The highest BCUT2D eigenvalue weighted by Crippen LogP contribution is 2.25. The third-order valence-corrected chi connectivity index (χ3v) is 5.54. The van der Waals surface area contributed by atoms with Crippen LogP contribution in [0.15, 0.2) is 47.4 Å². The van der Waals surface area contributed by atoms with Crippen LogP contribution in [0.1, 0.15) is 25.3 Å². The van der Waals surface area contributed by atoms with Gasteiger partial charge in [-0.3, -0.25) is 4.72 Å². The molecule has 0 aliphatic rings. The molecule has 6 heteroatoms. The van der Waals surface area contributed by atoms with Gasteiger partial charge < -0.3 is 0 Å². The van der Waals surface area contributed by atoms with Crippen LogP contribution in [-0.4, -0.2) is 8.42 Å². The molecule has 1 N–H and O–H groups in total. The first-order valence-electron chi connectivity index (χ1n) is 6.37. The molecule has 0 heterocycles. The van der Waals surface area contributed by atoms with Crippen molar-refractivity contribution in [3.8, 4) is 0 Å². The van der Waals surface area contributed by atoms with E-state index in [0.29, 0.717) is 16.6 Å². The summed E-state index contributed by atoms with van der Waals surface area (Å²) < 4.78 is 28.1. The minimum absolute atomic E-state index is 0.248. The minimum Gasteiger partial charge on any atom is -0.279 e. The van der Waals surface area contributed by atoms with Crippen LogP contribution in [0.5, 0.6) is 0 Å². The maximum absolute atomic E-state index is 12.4. The van der Waals surface area contributed by atoms with Gasteiger partial charge in [0.25, 0.3) is 10.0 Å². The van der Waals surface area contributed by atoms with Crippen molar-refractivity contribution in [2.24, 2.45) is 0 Å². The number of nitrogens with one attached hydrogen (secondary N) is 1. The Morgan fingerprint density at radius 3 is 2.24 bits per heavy atom. The largest absolute Gasteiger partial charge is 0.279 e. The quantitative estimate of drug-likeness (QED) is 0.697. The van der Waals surface area contributed by atoms with Crippen molar-refractivity contribution in [1.82, 2.24) is 0 Å². The summed E-state index contributed by atoms with van der Waals surface area (Å²) >= 11 is 7.92. The van der Waals surface area contributed by atoms with Gasteiger partial charge in [0.15, 0.2) is 0 Å². The summed E-state index contributed by atoms with van der Waals surface area (Å²) in [6, 6.07) is 12.0. The second-order valence-electron chi connectivity index (χ2n) is 4.95. The van der Waals surface area contributed by atoms with Crippen LogP contribution in [0.2, 0.25) is 5.02 Å². The molecule has 2 aromatic carbocycles. The monoisotopic (exact) mass is 435 g/mol. The van der Waals surface area contributed by atoms with Gasteiger partial charge in [0.05, 0.1) is 10.6 Å². The molecule has 0 bridgehead atoms. The molecular formula is C15H15ClINO2S. The van der Waals surface area contributed by atoms with Crippen LogP contribution < -0.4 is 4.72 Å². The predicted octanol–water partition coefficient (Wildman–Crippen LogP) is 4.87. The van der Waals surface area contributed by atoms with Crippen LogP contribution in [-0.2, 0) is 10.0 Å². The van der Waals surface area contributed by atoms with Gasteiger partial charge in [-0.25, -0.2) is 8.42 Å². The molecule has 0 fully saturated rings. The normalized spacial score (nSPS) is 11.7. The lowest BCUT2D eigenvalue weighted by Crippen LogP contribution is -2.13. The highest BCUT2D eigenvalue weighted by molar-refractivity contribution is 14.1. The second kappa shape index (κ2) is 6.54. The van der Waals surface area contributed by atoms with E-state index in [-0.39, 0.29) is 4.90 Å². The number of hydrogen-bond acceptors (Lipinski definition) is 2. The fourth-order valence-corrected chi connectivity index (χ4v) is 4.08. The Labute approximate surface area is 143 Å². The molecule has 0 amide bonds. The summed E-state index contributed by atoms with van der Waals surface area (Å²) in [5.74, 6) is 0.368. The first-order chi connectivity index (χ1) is 9.79. The van der Waals surface area contributed by atoms with E-state index in [4.69, 9.17) is 11.6 Å². The summed E-state index contributed by atoms with van der Waals surface area (Å²) in [6.45, 7) is 4.13. The number of hydrogen-bond donors (Lipinski definition) is 1. The molecule has 21 heavy (non-hydrogen) atoms. The summed E-state index contributed by atoms with van der Waals surface area (Å²) in [5, 5.41) is 0.573. The lowest BCUT2D eigenvalue weighted by atomic mass is 10.0. The van der Waals surface area contributed by atoms with Gasteiger partial charge >= 0.3 is 0 Å². The summed E-state index contributed by atoms with van der Waals surface area (Å²) in [7, 11) is -3.59. The summed E-state index contributed by atoms with van der Waals surface area (Å²) in [6.07, 6.45) is 0. The molecule has 2 rings (SSSR count). The Bertz CT molecular complexity index is 743. The molecule has 0 spiro atoms. The lowest BCUT2D eigenvalue weighted by molar-refractivity contribution is 0.601. The second-order valence-corrected chi connectivity index (χ2v) is 8.23. The third-order valence-electron chi connectivity index (χ3n) is 3.03. The molecule has 0 atom stereocenters. The minimum atomic E-state index is -3.59. The van der Waals surface area contributed by atoms with E-state index in [0.717, 1.165) is 9.13 Å². The SMILES string of the molecule is CC(C)c1ccc(S(=O)(=O)Nc2ccc(Cl)cc2I)cc1. The van der Waals surface area contributed by atoms with Crippen molar-refractivity contribution < 1.29 is 8.42 Å². The lowest BCUT2D eigenvalue weighted by Gasteiger charge is -2.11. The van der Waals surface area contributed by atoms with Crippen molar-refractivity contribution >= 4 is 49.9 Å². The molecule has 0 saturated heterocycles. The van der Waals surface area contributed by atoms with Crippen LogP contribution in [0.4, 0.5) is 5.69 Å². The first-order valence-corrected chi connectivity index (χ1v) is 9.31. The maximum Gasteiger partial charge on any atom is 0.261 e. The highest BCUT2D eigenvalue weighted by Gasteiger charge is 2.16. The van der Waals surface area contributed by atoms with Crippen molar-refractivity contribution in [3.05, 3.63) is 56.6 Å². The molecule has 0 aliphatic carbocycles. The molecule has 3 nitrogen and oxygen atoms in total. The van der Waals surface area contributed by atoms with Crippen molar-refractivity contribution in [3.63, 3.8) is 0 Å². The van der Waals surface area contributed by atoms with Gasteiger partial charge in [0.2, 0.25) is 0 Å². The maximum atomic E-state index is 12.4. The summed E-state index contributed by atoms with van der Waals surface area (Å²) in [5.41, 5.74) is 1.63. The van der Waals surface area contributed by atoms with Crippen molar-refractivity contribution in [1.29, 1.82) is 0 Å². The van der Waals surface area contributed by atoms with E-state index >= 15 is 0 Å². The van der Waals surface area contributed by atoms with Crippen LogP contribution in [0.3, 0.4) is 0 Å². The number of benzene rings is 2. The Hall–Kier alpha value is -0.790. The summed E-state index contributed by atoms with van der Waals surface area (Å²) in [4.78, 5) is 0.248. The Morgan fingerprint density at radius 2 is 1.71 bits per heavy atom. The molecular weight excluding hydrogens is 421 g/mol. The van der Waals surface area contributed by atoms with Crippen LogP contribution in [0, 0.1) is 3.57 Å². The Kier molecular flexibility index (Phi) is 5.16. The standard InChI is InChI=1S/C15H15ClINO2S/c1-10(2)11-3-6-13(7-4-11)21(19,20)18-15-8-5-12(16)9-14(15)17/h3-10,18H,1-2H3. The third kappa shape index (κ3) is 4.11. The van der Waals surface area contributed by atoms with Gasteiger partial charge in [0, 0.05) is 8.59 Å². The molecule has 0 saturated carbocycles. The van der Waals surface area contributed by atoms with E-state index in [1.807, 2.05) is 34.7 Å². The Morgan fingerprint density at radius 1 is 1.10 bits per heavy atom. The molecule has 0 aromatic heterocycles. The van der Waals surface area contributed by atoms with Gasteiger partial charge in [-0.1, -0.05) is 37.6 Å². The Balaban J connectivity index is 2.29. The van der Waals surface area contributed by atoms with E-state index < -0.39 is 10.0 Å². The van der Waals surface area contributed by atoms with E-state index in [9.17, 15) is 8.42 Å². The van der Waals surface area contributed by atoms with Crippen LogP contribution >= 0.6 is 34.2 Å². The first kappa shape index (κ1) is 16.6. The van der Waals surface area contributed by atoms with E-state index in [2.05, 4.69) is 18.6 Å². The molecule has 0 unspecified atom stereocenters. The smallest absolute Gasteiger partial charge is 0.261 e. The average Bonchev–Trinajstić information content (AvgIpc) is 2.42. The zero-order valence-electron chi connectivity index (χ0n) is 11.6. The number of rotatable bonds is 4. The van der Waals surface area contributed by atoms with E-state index in [1.165, 1.54) is 0 Å². The number of sulfonamides is 1. The van der Waals surface area contributed by atoms with Gasteiger partial charge in [-0.05, 0) is 64.4 Å². The fraction of sp³-hybridized carbons (Fsp3) is 0.200. The molecule has 2 aromatic rings. The molecule has 112 valence electrons. The van der Waals surface area contributed by atoms with E-state index in [1.54, 1.807) is 30.3 Å².